The number of nitrogens with one attached hydrogen (secondary N) is 2. The van der Waals surface area contributed by atoms with Crippen LogP contribution in [0.2, 0.25) is 0 Å². The smallest absolute Gasteiger partial charge is 0.223 e. The zero-order valence-corrected chi connectivity index (χ0v) is 13.9. The number of ether oxygens (including phenoxy) is 1. The lowest BCUT2D eigenvalue weighted by Crippen LogP contribution is -2.50. The second kappa shape index (κ2) is 6.03. The average molecular weight is 305 g/mol. The van der Waals surface area contributed by atoms with E-state index in [4.69, 9.17) is 4.74 Å². The highest BCUT2D eigenvalue weighted by atomic mass is 16.5. The van der Waals surface area contributed by atoms with Crippen molar-refractivity contribution in [3.8, 4) is 0 Å². The van der Waals surface area contributed by atoms with Gasteiger partial charge in [0.2, 0.25) is 5.91 Å². The van der Waals surface area contributed by atoms with Gasteiger partial charge in [-0.3, -0.25) is 4.79 Å². The summed E-state index contributed by atoms with van der Waals surface area (Å²) in [5, 5.41) is 3.11. The molecule has 0 bridgehead atoms. The molecule has 2 aliphatic rings. The molecule has 1 fully saturated rings. The molecule has 1 amide bonds. The number of methoxy groups -OCH3 is 1. The zero-order valence-electron chi connectivity index (χ0n) is 13.9. The third-order valence-corrected chi connectivity index (χ3v) is 5.26. The van der Waals surface area contributed by atoms with Gasteiger partial charge < -0.3 is 15.0 Å². The fourth-order valence-corrected chi connectivity index (χ4v) is 3.42. The number of H-pyrrole nitrogens is 1. The molecule has 0 spiro atoms. The quantitative estimate of drug-likeness (QED) is 0.877. The molecular formula is C17H27N3O2. The van der Waals surface area contributed by atoms with Crippen LogP contribution < -0.4 is 5.32 Å². The lowest BCUT2D eigenvalue weighted by atomic mass is 9.79. The molecule has 1 atom stereocenters. The first-order valence-electron chi connectivity index (χ1n) is 8.43. The van der Waals surface area contributed by atoms with Crippen LogP contribution in [0.3, 0.4) is 0 Å². The van der Waals surface area contributed by atoms with Gasteiger partial charge in [0.05, 0.1) is 11.3 Å². The molecule has 1 heterocycles. The Balaban J connectivity index is 1.58. The van der Waals surface area contributed by atoms with Crippen LogP contribution in [0, 0.1) is 5.92 Å². The summed E-state index contributed by atoms with van der Waals surface area (Å²) >= 11 is 0. The van der Waals surface area contributed by atoms with Gasteiger partial charge in [-0.2, -0.15) is 0 Å². The number of hydrogen-bond acceptors (Lipinski definition) is 3. The molecule has 5 heteroatoms. The molecule has 5 nitrogen and oxygen atoms in total. The minimum absolute atomic E-state index is 0.0574. The van der Waals surface area contributed by atoms with Gasteiger partial charge in [-0.15, -0.1) is 0 Å². The van der Waals surface area contributed by atoms with Crippen molar-refractivity contribution in [1.82, 2.24) is 15.3 Å². The number of carbonyl (C=O) groups is 1. The van der Waals surface area contributed by atoms with E-state index in [1.807, 2.05) is 0 Å². The monoisotopic (exact) mass is 305 g/mol. The van der Waals surface area contributed by atoms with Crippen molar-refractivity contribution in [2.75, 3.05) is 13.7 Å². The van der Waals surface area contributed by atoms with Crippen molar-refractivity contribution in [3.63, 3.8) is 0 Å². The van der Waals surface area contributed by atoms with Crippen LogP contribution in [0.5, 0.6) is 0 Å². The molecular weight excluding hydrogens is 278 g/mol. The predicted molar refractivity (Wildman–Crippen MR) is 84.8 cm³/mol. The Hall–Kier alpha value is -1.36. The maximum absolute atomic E-state index is 12.5. The third kappa shape index (κ3) is 2.91. The minimum Gasteiger partial charge on any atom is -0.376 e. The van der Waals surface area contributed by atoms with Crippen molar-refractivity contribution in [2.24, 2.45) is 5.92 Å². The van der Waals surface area contributed by atoms with Gasteiger partial charge >= 0.3 is 0 Å². The summed E-state index contributed by atoms with van der Waals surface area (Å²) in [5.41, 5.74) is 2.20. The van der Waals surface area contributed by atoms with Crippen molar-refractivity contribution >= 4 is 5.91 Å². The fourth-order valence-electron chi connectivity index (χ4n) is 3.42. The van der Waals surface area contributed by atoms with Crippen LogP contribution in [-0.2, 0) is 22.4 Å². The number of amides is 1. The number of rotatable bonds is 5. The molecule has 22 heavy (non-hydrogen) atoms. The number of aromatic amines is 1. The maximum Gasteiger partial charge on any atom is 0.223 e. The van der Waals surface area contributed by atoms with Crippen molar-refractivity contribution in [2.45, 2.75) is 63.9 Å². The summed E-state index contributed by atoms with van der Waals surface area (Å²) in [6.07, 6.45) is 5.87. The molecule has 122 valence electrons. The Kier molecular flexibility index (Phi) is 4.26. The molecule has 1 saturated carbocycles. The zero-order chi connectivity index (χ0) is 15.7. The average Bonchev–Trinajstić information content (AvgIpc) is 2.89. The van der Waals surface area contributed by atoms with E-state index in [-0.39, 0.29) is 17.4 Å². The Morgan fingerprint density at radius 3 is 2.86 bits per heavy atom. The van der Waals surface area contributed by atoms with Gasteiger partial charge in [-0.1, -0.05) is 13.8 Å². The number of hydrogen-bond donors (Lipinski definition) is 2. The summed E-state index contributed by atoms with van der Waals surface area (Å²) in [4.78, 5) is 20.5. The van der Waals surface area contributed by atoms with Crippen LogP contribution in [0.25, 0.3) is 0 Å². The summed E-state index contributed by atoms with van der Waals surface area (Å²) in [6.45, 7) is 4.92. The highest BCUT2D eigenvalue weighted by Crippen LogP contribution is 2.34. The van der Waals surface area contributed by atoms with E-state index in [1.165, 1.54) is 6.42 Å². The first-order chi connectivity index (χ1) is 10.5. The van der Waals surface area contributed by atoms with E-state index >= 15 is 0 Å². The highest BCUT2D eigenvalue weighted by molar-refractivity contribution is 5.79. The van der Waals surface area contributed by atoms with Gasteiger partial charge in [0.25, 0.3) is 0 Å². The van der Waals surface area contributed by atoms with Crippen LogP contribution in [0.1, 0.15) is 62.7 Å². The fraction of sp³-hybridized carbons (Fsp3) is 0.765. The van der Waals surface area contributed by atoms with E-state index in [0.29, 0.717) is 12.5 Å². The molecule has 0 radical (unpaired) electrons. The van der Waals surface area contributed by atoms with Gasteiger partial charge in [0.15, 0.2) is 0 Å². The standard InChI is InChI=1S/C17H27N3O2/c1-11(2)15-19-13-6-5-12(9-14(13)20-15)16(21)18-10-17(22-3)7-4-8-17/h11-12H,4-10H2,1-3H3,(H,18,21)(H,19,20). The van der Waals surface area contributed by atoms with E-state index in [2.05, 4.69) is 29.1 Å². The predicted octanol–water partition coefficient (Wildman–Crippen LogP) is 2.32. The molecule has 0 aliphatic heterocycles. The third-order valence-electron chi connectivity index (χ3n) is 5.26. The molecule has 1 unspecified atom stereocenters. The number of fused-ring (bicyclic) bond motifs is 1. The normalized spacial score (nSPS) is 23.0. The van der Waals surface area contributed by atoms with Gasteiger partial charge in [0, 0.05) is 37.6 Å². The maximum atomic E-state index is 12.5. The number of imidazole rings is 1. The first kappa shape index (κ1) is 15.5. The number of aryl methyl sites for hydroxylation is 1. The largest absolute Gasteiger partial charge is 0.376 e. The summed E-state index contributed by atoms with van der Waals surface area (Å²) in [5.74, 6) is 1.66. The Bertz CT molecular complexity index is 541. The van der Waals surface area contributed by atoms with E-state index in [9.17, 15) is 4.79 Å². The van der Waals surface area contributed by atoms with Crippen LogP contribution in [-0.4, -0.2) is 35.1 Å². The summed E-state index contributed by atoms with van der Waals surface area (Å²) in [7, 11) is 1.75. The minimum atomic E-state index is -0.103. The van der Waals surface area contributed by atoms with Crippen LogP contribution >= 0.6 is 0 Å². The Morgan fingerprint density at radius 2 is 2.27 bits per heavy atom. The second-order valence-corrected chi connectivity index (χ2v) is 7.10. The van der Waals surface area contributed by atoms with Crippen molar-refractivity contribution in [1.29, 1.82) is 0 Å². The second-order valence-electron chi connectivity index (χ2n) is 7.10. The Labute approximate surface area is 132 Å². The van der Waals surface area contributed by atoms with Crippen molar-refractivity contribution < 1.29 is 9.53 Å². The highest BCUT2D eigenvalue weighted by Gasteiger charge is 2.38. The molecule has 0 aromatic carbocycles. The lowest BCUT2D eigenvalue weighted by Gasteiger charge is -2.40. The summed E-state index contributed by atoms with van der Waals surface area (Å²) in [6, 6.07) is 0. The first-order valence-corrected chi connectivity index (χ1v) is 8.43. The number of nitrogens with zero attached hydrogens (tertiary/aromatic N) is 1. The molecule has 1 aromatic rings. The van der Waals surface area contributed by atoms with E-state index in [0.717, 1.165) is 49.3 Å². The van der Waals surface area contributed by atoms with Crippen molar-refractivity contribution in [3.05, 3.63) is 17.2 Å². The molecule has 2 aliphatic carbocycles. The number of carbonyl (C=O) groups excluding carboxylic acids is 1. The van der Waals surface area contributed by atoms with E-state index in [1.54, 1.807) is 7.11 Å². The number of aromatic nitrogens is 2. The lowest BCUT2D eigenvalue weighted by molar-refractivity contribution is -0.129. The van der Waals surface area contributed by atoms with Gasteiger partial charge in [-0.05, 0) is 32.1 Å². The molecule has 3 rings (SSSR count). The van der Waals surface area contributed by atoms with Crippen LogP contribution in [0.4, 0.5) is 0 Å². The van der Waals surface area contributed by atoms with Crippen LogP contribution in [0.15, 0.2) is 0 Å². The Morgan fingerprint density at radius 1 is 1.50 bits per heavy atom. The van der Waals surface area contributed by atoms with Gasteiger partial charge in [-0.25, -0.2) is 4.98 Å². The topological polar surface area (TPSA) is 67.0 Å². The van der Waals surface area contributed by atoms with E-state index < -0.39 is 0 Å². The van der Waals surface area contributed by atoms with Gasteiger partial charge in [0.1, 0.15) is 5.82 Å². The molecule has 0 saturated heterocycles. The SMILES string of the molecule is COC1(CNC(=O)C2CCc3nc(C(C)C)[nH]c3C2)CCC1. The molecule has 2 N–H and O–H groups in total. The summed E-state index contributed by atoms with van der Waals surface area (Å²) < 4.78 is 5.57. The molecule has 1 aromatic heterocycles.